The molecule has 0 aliphatic carbocycles. The molecule has 0 aliphatic rings. The lowest BCUT2D eigenvalue weighted by Crippen LogP contribution is -2.44. The van der Waals surface area contributed by atoms with Crippen LogP contribution in [0.15, 0.2) is 54.6 Å². The predicted octanol–water partition coefficient (Wildman–Crippen LogP) is 2.82. The molecule has 29 heavy (non-hydrogen) atoms. The maximum absolute atomic E-state index is 12.5. The Kier molecular flexibility index (Phi) is 7.90. The van der Waals surface area contributed by atoms with Crippen molar-refractivity contribution < 1.29 is 22.7 Å². The number of carbonyl (C=O) groups excluding carboxylic acids is 1. The van der Waals surface area contributed by atoms with E-state index < -0.39 is 16.1 Å². The number of nitrogens with zero attached hydrogens (tertiary/aromatic N) is 1. The Labute approximate surface area is 172 Å². The molecule has 0 aliphatic heterocycles. The quantitative estimate of drug-likeness (QED) is 0.639. The van der Waals surface area contributed by atoms with Crippen LogP contribution in [-0.2, 0) is 14.8 Å². The second-order valence-corrected chi connectivity index (χ2v) is 8.79. The number of nitrogens with one attached hydrogen (secondary N) is 1. The van der Waals surface area contributed by atoms with E-state index in [1.807, 2.05) is 44.2 Å². The maximum atomic E-state index is 12.5. The molecule has 158 valence electrons. The monoisotopic (exact) mass is 420 g/mol. The fourth-order valence-electron chi connectivity index (χ4n) is 2.53. The Bertz CT molecular complexity index is 885. The molecule has 0 heterocycles. The van der Waals surface area contributed by atoms with Crippen LogP contribution in [0.25, 0.3) is 0 Å². The van der Waals surface area contributed by atoms with Crippen molar-refractivity contribution in [2.75, 3.05) is 24.2 Å². The van der Waals surface area contributed by atoms with Gasteiger partial charge in [0, 0.05) is 7.05 Å². The molecule has 0 spiro atoms. The number of sulfonamides is 1. The van der Waals surface area contributed by atoms with Gasteiger partial charge < -0.3 is 14.8 Å². The van der Waals surface area contributed by atoms with E-state index in [1.54, 1.807) is 24.3 Å². The van der Waals surface area contributed by atoms with Crippen molar-refractivity contribution in [2.45, 2.75) is 32.4 Å². The molecule has 1 amide bonds. The summed E-state index contributed by atoms with van der Waals surface area (Å²) in [4.78, 5) is 12.5. The molecule has 7 nitrogen and oxygen atoms in total. The number of rotatable bonds is 10. The van der Waals surface area contributed by atoms with E-state index in [2.05, 4.69) is 5.32 Å². The molecule has 2 aromatic rings. The lowest BCUT2D eigenvalue weighted by molar-refractivity contribution is -0.128. The summed E-state index contributed by atoms with van der Waals surface area (Å²) in [7, 11) is -1.85. The Morgan fingerprint density at radius 2 is 1.69 bits per heavy atom. The van der Waals surface area contributed by atoms with Gasteiger partial charge in [-0.05, 0) is 49.7 Å². The van der Waals surface area contributed by atoms with Gasteiger partial charge in [0.15, 0.2) is 6.10 Å². The van der Waals surface area contributed by atoms with Crippen LogP contribution >= 0.6 is 0 Å². The maximum Gasteiger partial charge on any atom is 0.261 e. The third-order valence-electron chi connectivity index (χ3n) is 4.27. The highest BCUT2D eigenvalue weighted by Gasteiger charge is 2.21. The molecule has 0 saturated carbocycles. The minimum atomic E-state index is -3.33. The topological polar surface area (TPSA) is 84.9 Å². The summed E-state index contributed by atoms with van der Waals surface area (Å²) in [6.07, 6.45) is 0.966. The van der Waals surface area contributed by atoms with E-state index in [0.717, 1.165) is 12.0 Å². The van der Waals surface area contributed by atoms with Crippen LogP contribution in [-0.4, -0.2) is 46.4 Å². The number of carbonyl (C=O) groups is 1. The van der Waals surface area contributed by atoms with E-state index in [-0.39, 0.29) is 11.9 Å². The Balaban J connectivity index is 1.90. The van der Waals surface area contributed by atoms with Gasteiger partial charge in [0.2, 0.25) is 10.0 Å². The SMILES string of the molecule is CC[C@H](Oc1ccc(N(C)S(C)(=O)=O)cc1)C(=O)N[C@@H](C)COc1ccccc1. The summed E-state index contributed by atoms with van der Waals surface area (Å²) in [5.41, 5.74) is 0.518. The van der Waals surface area contributed by atoms with Gasteiger partial charge in [0.05, 0.1) is 18.0 Å². The highest BCUT2D eigenvalue weighted by Crippen LogP contribution is 2.21. The first kappa shape index (κ1) is 22.5. The second-order valence-electron chi connectivity index (χ2n) is 6.77. The van der Waals surface area contributed by atoms with Crippen LogP contribution in [0.4, 0.5) is 5.69 Å². The Morgan fingerprint density at radius 1 is 1.07 bits per heavy atom. The normalized spacial score (nSPS) is 13.2. The van der Waals surface area contributed by atoms with Crippen molar-refractivity contribution in [3.63, 3.8) is 0 Å². The van der Waals surface area contributed by atoms with Crippen molar-refractivity contribution in [1.29, 1.82) is 0 Å². The molecule has 0 fully saturated rings. The van der Waals surface area contributed by atoms with Crippen molar-refractivity contribution >= 4 is 21.6 Å². The molecule has 1 N–H and O–H groups in total. The summed E-state index contributed by atoms with van der Waals surface area (Å²) in [6, 6.07) is 15.8. The van der Waals surface area contributed by atoms with Gasteiger partial charge in [-0.1, -0.05) is 25.1 Å². The molecule has 2 atom stereocenters. The number of anilines is 1. The highest BCUT2D eigenvalue weighted by atomic mass is 32.2. The van der Waals surface area contributed by atoms with E-state index in [0.29, 0.717) is 24.5 Å². The van der Waals surface area contributed by atoms with Crippen molar-refractivity contribution in [2.24, 2.45) is 0 Å². The summed E-state index contributed by atoms with van der Waals surface area (Å²) >= 11 is 0. The average molecular weight is 421 g/mol. The zero-order chi connectivity index (χ0) is 21.4. The van der Waals surface area contributed by atoms with Crippen LogP contribution in [0.3, 0.4) is 0 Å². The molecule has 0 bridgehead atoms. The van der Waals surface area contributed by atoms with Crippen LogP contribution in [0.2, 0.25) is 0 Å². The zero-order valence-corrected chi connectivity index (χ0v) is 18.0. The summed E-state index contributed by atoms with van der Waals surface area (Å²) in [5.74, 6) is 1.01. The third-order valence-corrected chi connectivity index (χ3v) is 5.48. The fraction of sp³-hybridized carbons (Fsp3) is 0.381. The van der Waals surface area contributed by atoms with E-state index >= 15 is 0 Å². The van der Waals surface area contributed by atoms with Gasteiger partial charge >= 0.3 is 0 Å². The number of hydrogen-bond acceptors (Lipinski definition) is 5. The summed E-state index contributed by atoms with van der Waals surface area (Å²) < 4.78 is 35.8. The minimum Gasteiger partial charge on any atom is -0.491 e. The van der Waals surface area contributed by atoms with Gasteiger partial charge in [0.25, 0.3) is 5.91 Å². The third kappa shape index (κ3) is 6.98. The second kappa shape index (κ2) is 10.2. The van der Waals surface area contributed by atoms with Gasteiger partial charge in [-0.2, -0.15) is 0 Å². The van der Waals surface area contributed by atoms with Gasteiger partial charge in [-0.15, -0.1) is 0 Å². The zero-order valence-electron chi connectivity index (χ0n) is 17.2. The molecule has 0 radical (unpaired) electrons. The fourth-order valence-corrected chi connectivity index (χ4v) is 3.03. The molecular weight excluding hydrogens is 392 g/mol. The number of benzene rings is 2. The summed E-state index contributed by atoms with van der Waals surface area (Å²) in [5, 5.41) is 2.89. The molecule has 2 rings (SSSR count). The standard InChI is InChI=1S/C21H28N2O5S/c1-5-20(21(24)22-16(2)15-27-18-9-7-6-8-10-18)28-19-13-11-17(12-14-19)23(3)29(4,25)26/h6-14,16,20H,5,15H2,1-4H3,(H,22,24)/t16-,20-/m0/s1. The van der Waals surface area contributed by atoms with Crippen molar-refractivity contribution in [3.05, 3.63) is 54.6 Å². The van der Waals surface area contributed by atoms with Gasteiger partial charge in [0.1, 0.15) is 18.1 Å². The first-order valence-electron chi connectivity index (χ1n) is 9.39. The van der Waals surface area contributed by atoms with Crippen LogP contribution < -0.4 is 19.1 Å². The number of amides is 1. The first-order valence-corrected chi connectivity index (χ1v) is 11.2. The van der Waals surface area contributed by atoms with Gasteiger partial charge in [-0.3, -0.25) is 9.10 Å². The Morgan fingerprint density at radius 3 is 2.24 bits per heavy atom. The van der Waals surface area contributed by atoms with Gasteiger partial charge in [-0.25, -0.2) is 8.42 Å². The average Bonchev–Trinajstić information content (AvgIpc) is 2.70. The van der Waals surface area contributed by atoms with Crippen molar-refractivity contribution in [3.8, 4) is 11.5 Å². The number of ether oxygens (including phenoxy) is 2. The van der Waals surface area contributed by atoms with E-state index in [9.17, 15) is 13.2 Å². The first-order chi connectivity index (χ1) is 13.7. The number of hydrogen-bond donors (Lipinski definition) is 1. The van der Waals surface area contributed by atoms with Crippen LogP contribution in [0.1, 0.15) is 20.3 Å². The largest absolute Gasteiger partial charge is 0.491 e. The molecule has 2 aromatic carbocycles. The highest BCUT2D eigenvalue weighted by molar-refractivity contribution is 7.92. The lowest BCUT2D eigenvalue weighted by Gasteiger charge is -2.21. The molecule has 0 unspecified atom stereocenters. The Hall–Kier alpha value is -2.74. The molecule has 8 heteroatoms. The molecular formula is C21H28N2O5S. The van der Waals surface area contributed by atoms with Crippen LogP contribution in [0, 0.1) is 0 Å². The lowest BCUT2D eigenvalue weighted by atomic mass is 10.2. The van der Waals surface area contributed by atoms with E-state index in [4.69, 9.17) is 9.47 Å². The molecule has 0 aromatic heterocycles. The van der Waals surface area contributed by atoms with Crippen LogP contribution in [0.5, 0.6) is 11.5 Å². The number of para-hydroxylation sites is 1. The molecule has 0 saturated heterocycles. The smallest absolute Gasteiger partial charge is 0.261 e. The predicted molar refractivity (Wildman–Crippen MR) is 114 cm³/mol. The minimum absolute atomic E-state index is 0.189. The van der Waals surface area contributed by atoms with E-state index in [1.165, 1.54) is 11.4 Å². The summed E-state index contributed by atoms with van der Waals surface area (Å²) in [6.45, 7) is 4.07. The van der Waals surface area contributed by atoms with Crippen molar-refractivity contribution in [1.82, 2.24) is 5.32 Å².